The highest BCUT2D eigenvalue weighted by atomic mass is 19.4. The fraction of sp³-hybridized carbons (Fsp3) is 0.643. The molecule has 1 aromatic rings. The maximum absolute atomic E-state index is 12.4. The highest BCUT2D eigenvalue weighted by Gasteiger charge is 2.39. The fourth-order valence-electron chi connectivity index (χ4n) is 3.53. The molecule has 1 aromatic heterocycles. The molecule has 3 rings (SSSR count). The van der Waals surface area contributed by atoms with Crippen LogP contribution in [0.5, 0.6) is 0 Å². The molecule has 0 spiro atoms. The van der Waals surface area contributed by atoms with Crippen LogP contribution in [0.15, 0.2) is 18.3 Å². The number of halogens is 3. The third-order valence-electron chi connectivity index (χ3n) is 4.52. The predicted octanol–water partition coefficient (Wildman–Crippen LogP) is 3.95. The van der Waals surface area contributed by atoms with Crippen LogP contribution < -0.4 is 5.32 Å². The second kappa shape index (κ2) is 4.69. The molecule has 5 heteroatoms. The van der Waals surface area contributed by atoms with E-state index in [0.717, 1.165) is 30.6 Å². The molecule has 1 heterocycles. The van der Waals surface area contributed by atoms with Gasteiger partial charge in [0, 0.05) is 12.7 Å². The van der Waals surface area contributed by atoms with Crippen molar-refractivity contribution in [1.82, 2.24) is 4.98 Å². The van der Waals surface area contributed by atoms with Crippen molar-refractivity contribution >= 4 is 5.82 Å². The number of alkyl halides is 3. The molecule has 104 valence electrons. The lowest BCUT2D eigenvalue weighted by atomic mass is 9.89. The van der Waals surface area contributed by atoms with E-state index in [0.29, 0.717) is 11.7 Å². The van der Waals surface area contributed by atoms with Gasteiger partial charge in [-0.1, -0.05) is 6.42 Å². The Labute approximate surface area is 110 Å². The molecular weight excluding hydrogens is 253 g/mol. The van der Waals surface area contributed by atoms with E-state index in [1.165, 1.54) is 31.7 Å². The Hall–Kier alpha value is -1.26. The second-order valence-corrected chi connectivity index (χ2v) is 5.75. The van der Waals surface area contributed by atoms with Crippen molar-refractivity contribution in [2.24, 2.45) is 17.8 Å². The van der Waals surface area contributed by atoms with Gasteiger partial charge in [0.25, 0.3) is 0 Å². The molecule has 2 fully saturated rings. The van der Waals surface area contributed by atoms with Crippen LogP contribution in [0, 0.1) is 17.8 Å². The number of pyridine rings is 1. The van der Waals surface area contributed by atoms with Gasteiger partial charge in [-0.2, -0.15) is 13.2 Å². The van der Waals surface area contributed by atoms with Gasteiger partial charge < -0.3 is 5.32 Å². The average molecular weight is 270 g/mol. The summed E-state index contributed by atoms with van der Waals surface area (Å²) < 4.78 is 37.2. The first-order chi connectivity index (χ1) is 9.02. The molecule has 0 aromatic carbocycles. The van der Waals surface area contributed by atoms with Gasteiger partial charge in [0.2, 0.25) is 0 Å². The minimum Gasteiger partial charge on any atom is -0.370 e. The van der Waals surface area contributed by atoms with Crippen molar-refractivity contribution in [3.05, 3.63) is 23.9 Å². The summed E-state index contributed by atoms with van der Waals surface area (Å²) in [6, 6.07) is 2.49. The van der Waals surface area contributed by atoms with Crippen molar-refractivity contribution in [3.63, 3.8) is 0 Å². The molecule has 3 unspecified atom stereocenters. The molecule has 0 saturated heterocycles. The topological polar surface area (TPSA) is 24.9 Å². The normalized spacial score (nSPS) is 29.7. The van der Waals surface area contributed by atoms with Crippen LogP contribution in [0.25, 0.3) is 0 Å². The summed E-state index contributed by atoms with van der Waals surface area (Å²) in [5.41, 5.74) is -0.696. The van der Waals surface area contributed by atoms with E-state index in [4.69, 9.17) is 0 Å². The van der Waals surface area contributed by atoms with Gasteiger partial charge in [0.1, 0.15) is 5.82 Å². The number of hydrogen-bond acceptors (Lipinski definition) is 2. The first-order valence-electron chi connectivity index (χ1n) is 6.79. The zero-order valence-electron chi connectivity index (χ0n) is 10.6. The van der Waals surface area contributed by atoms with E-state index >= 15 is 0 Å². The smallest absolute Gasteiger partial charge is 0.370 e. The molecule has 2 nitrogen and oxygen atoms in total. The molecular formula is C14H17F3N2. The van der Waals surface area contributed by atoms with E-state index < -0.39 is 11.7 Å². The maximum Gasteiger partial charge on any atom is 0.417 e. The molecule has 3 atom stereocenters. The number of aromatic nitrogens is 1. The van der Waals surface area contributed by atoms with Crippen LogP contribution in [0.1, 0.15) is 31.2 Å². The summed E-state index contributed by atoms with van der Waals surface area (Å²) in [4.78, 5) is 3.84. The lowest BCUT2D eigenvalue weighted by Gasteiger charge is -2.22. The summed E-state index contributed by atoms with van der Waals surface area (Å²) in [5.74, 6) is 2.91. The Morgan fingerprint density at radius 1 is 1.21 bits per heavy atom. The lowest BCUT2D eigenvalue weighted by Crippen LogP contribution is -2.20. The van der Waals surface area contributed by atoms with Crippen molar-refractivity contribution in [3.8, 4) is 0 Å². The number of nitrogens with zero attached hydrogens (tertiary/aromatic N) is 1. The van der Waals surface area contributed by atoms with E-state index in [9.17, 15) is 13.2 Å². The molecule has 2 saturated carbocycles. The highest BCUT2D eigenvalue weighted by Crippen LogP contribution is 2.48. The number of hydrogen-bond donors (Lipinski definition) is 1. The average Bonchev–Trinajstić information content (AvgIpc) is 2.98. The van der Waals surface area contributed by atoms with E-state index in [1.54, 1.807) is 0 Å². The number of anilines is 1. The van der Waals surface area contributed by atoms with Crippen LogP contribution in [-0.2, 0) is 6.18 Å². The first kappa shape index (κ1) is 12.8. The quantitative estimate of drug-likeness (QED) is 0.899. The van der Waals surface area contributed by atoms with Crippen molar-refractivity contribution in [2.75, 3.05) is 11.9 Å². The molecule has 0 amide bonds. The van der Waals surface area contributed by atoms with E-state index in [-0.39, 0.29) is 0 Å². The van der Waals surface area contributed by atoms with Crippen LogP contribution in [0.3, 0.4) is 0 Å². The molecule has 0 aliphatic heterocycles. The van der Waals surface area contributed by atoms with Crippen molar-refractivity contribution < 1.29 is 13.2 Å². The van der Waals surface area contributed by atoms with Gasteiger partial charge in [0.05, 0.1) is 5.56 Å². The van der Waals surface area contributed by atoms with Gasteiger partial charge in [-0.05, 0) is 49.1 Å². The Morgan fingerprint density at radius 3 is 2.58 bits per heavy atom. The largest absolute Gasteiger partial charge is 0.417 e. The maximum atomic E-state index is 12.4. The fourth-order valence-corrected chi connectivity index (χ4v) is 3.53. The molecule has 2 bridgehead atoms. The van der Waals surface area contributed by atoms with Gasteiger partial charge in [-0.25, -0.2) is 4.98 Å². The van der Waals surface area contributed by atoms with Gasteiger partial charge in [-0.3, -0.25) is 0 Å². The number of nitrogens with one attached hydrogen (secondary N) is 1. The van der Waals surface area contributed by atoms with Gasteiger partial charge in [-0.15, -0.1) is 0 Å². The molecule has 2 aliphatic carbocycles. The standard InChI is InChI=1S/C14H17F3N2/c15-14(16,17)12-3-4-13(19-8-12)18-7-11-6-9-1-2-10(11)5-9/h3-4,8-11H,1-2,5-7H2,(H,18,19). The highest BCUT2D eigenvalue weighted by molar-refractivity contribution is 5.36. The van der Waals surface area contributed by atoms with Crippen LogP contribution in [-0.4, -0.2) is 11.5 Å². The predicted molar refractivity (Wildman–Crippen MR) is 66.7 cm³/mol. The Kier molecular flexibility index (Phi) is 3.15. The van der Waals surface area contributed by atoms with Crippen LogP contribution in [0.4, 0.5) is 19.0 Å². The second-order valence-electron chi connectivity index (χ2n) is 5.75. The summed E-state index contributed by atoms with van der Waals surface area (Å²) in [6.45, 7) is 0.833. The summed E-state index contributed by atoms with van der Waals surface area (Å²) in [7, 11) is 0. The minimum atomic E-state index is -4.31. The number of rotatable bonds is 3. The third-order valence-corrected chi connectivity index (χ3v) is 4.52. The summed E-state index contributed by atoms with van der Waals surface area (Å²) >= 11 is 0. The lowest BCUT2D eigenvalue weighted by molar-refractivity contribution is -0.137. The SMILES string of the molecule is FC(F)(F)c1ccc(NCC2CC3CCC2C3)nc1. The number of fused-ring (bicyclic) bond motifs is 2. The van der Waals surface area contributed by atoms with Gasteiger partial charge in [0.15, 0.2) is 0 Å². The zero-order chi connectivity index (χ0) is 13.5. The molecule has 0 radical (unpaired) electrons. The van der Waals surface area contributed by atoms with Crippen LogP contribution in [0.2, 0.25) is 0 Å². The summed E-state index contributed by atoms with van der Waals surface area (Å²) in [6.07, 6.45) is 1.86. The van der Waals surface area contributed by atoms with Crippen molar-refractivity contribution in [2.45, 2.75) is 31.9 Å². The zero-order valence-corrected chi connectivity index (χ0v) is 10.6. The minimum absolute atomic E-state index is 0.538. The monoisotopic (exact) mass is 270 g/mol. The van der Waals surface area contributed by atoms with E-state index in [1.807, 2.05) is 0 Å². The third kappa shape index (κ3) is 2.69. The first-order valence-corrected chi connectivity index (χ1v) is 6.79. The Morgan fingerprint density at radius 2 is 2.05 bits per heavy atom. The molecule has 2 aliphatic rings. The Balaban J connectivity index is 1.56. The Bertz CT molecular complexity index is 441. The van der Waals surface area contributed by atoms with E-state index in [2.05, 4.69) is 10.3 Å². The van der Waals surface area contributed by atoms with Gasteiger partial charge >= 0.3 is 6.18 Å². The van der Waals surface area contributed by atoms with Crippen LogP contribution >= 0.6 is 0 Å². The molecule has 1 N–H and O–H groups in total. The summed E-state index contributed by atoms with van der Waals surface area (Å²) in [5, 5.41) is 3.17. The van der Waals surface area contributed by atoms with Crippen molar-refractivity contribution in [1.29, 1.82) is 0 Å². The molecule has 19 heavy (non-hydrogen) atoms.